The van der Waals surface area contributed by atoms with Crippen LogP contribution in [0.1, 0.15) is 30.4 Å². The van der Waals surface area contributed by atoms with Crippen molar-refractivity contribution in [2.75, 3.05) is 24.6 Å². The van der Waals surface area contributed by atoms with E-state index >= 15 is 0 Å². The van der Waals surface area contributed by atoms with E-state index in [-0.39, 0.29) is 12.7 Å². The zero-order chi connectivity index (χ0) is 13.0. The molecule has 1 aromatic rings. The van der Waals surface area contributed by atoms with Crippen molar-refractivity contribution in [3.05, 3.63) is 29.3 Å². The third kappa shape index (κ3) is 3.24. The molecule has 1 heterocycles. The Kier molecular flexibility index (Phi) is 4.61. The average Bonchev–Trinajstić information content (AvgIpc) is 2.37. The summed E-state index contributed by atoms with van der Waals surface area (Å²) >= 11 is 0. The Morgan fingerprint density at radius 3 is 3.00 bits per heavy atom. The number of nitrogens with zero attached hydrogens (tertiary/aromatic N) is 1. The molecule has 1 unspecified atom stereocenters. The lowest BCUT2D eigenvalue weighted by Gasteiger charge is -2.33. The molecule has 0 fully saturated rings. The van der Waals surface area contributed by atoms with Crippen molar-refractivity contribution in [2.24, 2.45) is 0 Å². The van der Waals surface area contributed by atoms with Gasteiger partial charge in [-0.15, -0.1) is 0 Å². The first-order chi connectivity index (χ1) is 8.70. The highest BCUT2D eigenvalue weighted by molar-refractivity contribution is 5.57. The van der Waals surface area contributed by atoms with Crippen molar-refractivity contribution in [1.29, 1.82) is 0 Å². The number of aryl methyl sites for hydroxylation is 2. The summed E-state index contributed by atoms with van der Waals surface area (Å²) in [7, 11) is 0. The summed E-state index contributed by atoms with van der Waals surface area (Å²) in [5.74, 6) is 0. The Hall–Kier alpha value is -1.06. The summed E-state index contributed by atoms with van der Waals surface area (Å²) in [6, 6.07) is 6.58. The molecule has 2 rings (SSSR count). The molecule has 0 aromatic heterocycles. The van der Waals surface area contributed by atoms with Gasteiger partial charge in [0.2, 0.25) is 0 Å². The minimum Gasteiger partial charge on any atom is -0.396 e. The van der Waals surface area contributed by atoms with Gasteiger partial charge in [0, 0.05) is 25.4 Å². The summed E-state index contributed by atoms with van der Waals surface area (Å²) in [4.78, 5) is 2.29. The molecular formula is C15H23NO2. The first-order valence-corrected chi connectivity index (χ1v) is 6.84. The zero-order valence-electron chi connectivity index (χ0n) is 11.1. The van der Waals surface area contributed by atoms with Crippen molar-refractivity contribution in [1.82, 2.24) is 0 Å². The monoisotopic (exact) mass is 249 g/mol. The van der Waals surface area contributed by atoms with E-state index in [4.69, 9.17) is 5.11 Å². The fourth-order valence-electron chi connectivity index (χ4n) is 2.62. The molecule has 0 spiro atoms. The van der Waals surface area contributed by atoms with Crippen LogP contribution in [0.5, 0.6) is 0 Å². The topological polar surface area (TPSA) is 43.7 Å². The van der Waals surface area contributed by atoms with E-state index in [1.54, 1.807) is 0 Å². The summed E-state index contributed by atoms with van der Waals surface area (Å²) in [6.07, 6.45) is 3.30. The highest BCUT2D eigenvalue weighted by Gasteiger charge is 2.19. The zero-order valence-corrected chi connectivity index (χ0v) is 11.1. The molecule has 18 heavy (non-hydrogen) atoms. The van der Waals surface area contributed by atoms with Crippen LogP contribution in [0, 0.1) is 6.92 Å². The summed E-state index contributed by atoms with van der Waals surface area (Å²) in [5.41, 5.74) is 3.94. The van der Waals surface area contributed by atoms with Crippen molar-refractivity contribution in [2.45, 2.75) is 38.7 Å². The van der Waals surface area contributed by atoms with Crippen molar-refractivity contribution < 1.29 is 10.2 Å². The van der Waals surface area contributed by atoms with Crippen molar-refractivity contribution in [3.8, 4) is 0 Å². The fourth-order valence-corrected chi connectivity index (χ4v) is 2.62. The predicted octanol–water partition coefficient (Wildman–Crippen LogP) is 1.88. The highest BCUT2D eigenvalue weighted by atomic mass is 16.3. The van der Waals surface area contributed by atoms with Gasteiger partial charge in [0.15, 0.2) is 0 Å². The predicted molar refractivity (Wildman–Crippen MR) is 74.0 cm³/mol. The highest BCUT2D eigenvalue weighted by Crippen LogP contribution is 2.28. The third-order valence-corrected chi connectivity index (χ3v) is 3.58. The number of hydrogen-bond donors (Lipinski definition) is 2. The summed E-state index contributed by atoms with van der Waals surface area (Å²) in [5, 5.41) is 18.8. The van der Waals surface area contributed by atoms with E-state index in [2.05, 4.69) is 30.0 Å². The number of rotatable bonds is 5. The Bertz CT molecular complexity index is 392. The number of fused-ring (bicyclic) bond motifs is 1. The molecule has 0 saturated carbocycles. The lowest BCUT2D eigenvalue weighted by atomic mass is 9.99. The Balaban J connectivity index is 2.05. The minimum atomic E-state index is -0.344. The van der Waals surface area contributed by atoms with Crippen molar-refractivity contribution >= 4 is 5.69 Å². The Labute approximate surface area is 109 Å². The third-order valence-electron chi connectivity index (χ3n) is 3.58. The van der Waals surface area contributed by atoms with E-state index in [0.29, 0.717) is 19.4 Å². The normalized spacial score (nSPS) is 16.5. The molecule has 2 N–H and O–H groups in total. The second-order valence-electron chi connectivity index (χ2n) is 5.20. The van der Waals surface area contributed by atoms with Crippen LogP contribution in [-0.4, -0.2) is 36.0 Å². The molecule has 1 aliphatic rings. The van der Waals surface area contributed by atoms with Gasteiger partial charge in [-0.1, -0.05) is 12.1 Å². The van der Waals surface area contributed by atoms with Crippen LogP contribution in [-0.2, 0) is 6.42 Å². The van der Waals surface area contributed by atoms with E-state index in [1.807, 2.05) is 0 Å². The number of aliphatic hydroxyl groups is 2. The van der Waals surface area contributed by atoms with Crippen LogP contribution < -0.4 is 4.90 Å². The van der Waals surface area contributed by atoms with E-state index in [1.165, 1.54) is 16.8 Å². The molecular weight excluding hydrogens is 226 g/mol. The second-order valence-corrected chi connectivity index (χ2v) is 5.20. The number of benzene rings is 1. The van der Waals surface area contributed by atoms with E-state index in [0.717, 1.165) is 19.4 Å². The van der Waals surface area contributed by atoms with Crippen LogP contribution in [0.4, 0.5) is 5.69 Å². The van der Waals surface area contributed by atoms with Gasteiger partial charge in [-0.2, -0.15) is 0 Å². The maximum Gasteiger partial charge on any atom is 0.0715 e. The number of anilines is 1. The smallest absolute Gasteiger partial charge is 0.0715 e. The van der Waals surface area contributed by atoms with Crippen LogP contribution >= 0.6 is 0 Å². The molecule has 0 radical (unpaired) electrons. The van der Waals surface area contributed by atoms with Gasteiger partial charge in [0.1, 0.15) is 0 Å². The van der Waals surface area contributed by atoms with E-state index in [9.17, 15) is 5.11 Å². The maximum absolute atomic E-state index is 9.97. The molecule has 0 bridgehead atoms. The van der Waals surface area contributed by atoms with Gasteiger partial charge in [-0.3, -0.25) is 0 Å². The molecule has 0 amide bonds. The largest absolute Gasteiger partial charge is 0.396 e. The van der Waals surface area contributed by atoms with Crippen LogP contribution in [0.3, 0.4) is 0 Å². The van der Waals surface area contributed by atoms with Crippen LogP contribution in [0.15, 0.2) is 18.2 Å². The van der Waals surface area contributed by atoms with Gasteiger partial charge >= 0.3 is 0 Å². The lowest BCUT2D eigenvalue weighted by Crippen LogP contribution is -2.36. The Morgan fingerprint density at radius 2 is 2.22 bits per heavy atom. The first-order valence-electron chi connectivity index (χ1n) is 6.84. The summed E-state index contributed by atoms with van der Waals surface area (Å²) < 4.78 is 0. The average molecular weight is 249 g/mol. The fraction of sp³-hybridized carbons (Fsp3) is 0.600. The molecule has 0 saturated heterocycles. The lowest BCUT2D eigenvalue weighted by molar-refractivity contribution is 0.154. The van der Waals surface area contributed by atoms with Gasteiger partial charge in [0.25, 0.3) is 0 Å². The van der Waals surface area contributed by atoms with E-state index < -0.39 is 0 Å². The second kappa shape index (κ2) is 6.21. The molecule has 1 aliphatic heterocycles. The minimum absolute atomic E-state index is 0.159. The standard InChI is InChI=1S/C15H23NO2/c1-12-6-7-13-4-2-8-16(15(13)10-12)11-14(18)5-3-9-17/h6-7,10,14,17-18H,2-5,8-9,11H2,1H3. The van der Waals surface area contributed by atoms with Gasteiger partial charge in [-0.05, 0) is 49.8 Å². The van der Waals surface area contributed by atoms with Gasteiger partial charge in [-0.25, -0.2) is 0 Å². The summed E-state index contributed by atoms with van der Waals surface area (Å²) in [6.45, 7) is 3.96. The first kappa shape index (κ1) is 13.4. The van der Waals surface area contributed by atoms with Crippen LogP contribution in [0.2, 0.25) is 0 Å². The Morgan fingerprint density at radius 1 is 1.39 bits per heavy atom. The quantitative estimate of drug-likeness (QED) is 0.837. The molecule has 3 nitrogen and oxygen atoms in total. The van der Waals surface area contributed by atoms with Crippen LogP contribution in [0.25, 0.3) is 0 Å². The van der Waals surface area contributed by atoms with Gasteiger partial charge in [0.05, 0.1) is 6.10 Å². The molecule has 3 heteroatoms. The van der Waals surface area contributed by atoms with Gasteiger partial charge < -0.3 is 15.1 Å². The molecule has 100 valence electrons. The SMILES string of the molecule is Cc1ccc2c(c1)N(CC(O)CCCO)CCC2. The number of hydrogen-bond acceptors (Lipinski definition) is 3. The number of aliphatic hydroxyl groups excluding tert-OH is 2. The number of β-amino-alcohol motifs (C(OH)–C–C–N with tert-alkyl or cyclic N) is 1. The van der Waals surface area contributed by atoms with Crippen molar-refractivity contribution in [3.63, 3.8) is 0 Å². The molecule has 0 aliphatic carbocycles. The molecule has 1 atom stereocenters. The maximum atomic E-state index is 9.97. The molecule has 1 aromatic carbocycles.